The first-order valence-electron chi connectivity index (χ1n) is 23.0. The fourth-order valence-corrected chi connectivity index (χ4v) is 6.40. The van der Waals surface area contributed by atoms with Gasteiger partial charge in [0.1, 0.15) is 49.0 Å². The van der Waals surface area contributed by atoms with Crippen molar-refractivity contribution in [2.24, 2.45) is 5.73 Å². The Morgan fingerprint density at radius 1 is 0.603 bits per heavy atom. The van der Waals surface area contributed by atoms with E-state index in [4.69, 9.17) is 29.4 Å². The number of carbonyl (C=O) groups is 4. The topological polar surface area (TPSA) is 186 Å². The third-order valence-electron chi connectivity index (χ3n) is 9.85. The predicted octanol–water partition coefficient (Wildman–Crippen LogP) is 9.87. The van der Waals surface area contributed by atoms with Crippen LogP contribution in [0.1, 0.15) is 95.9 Å². The molecule has 0 aliphatic heterocycles. The molecule has 0 radical (unpaired) electrons. The number of para-hydroxylation sites is 2. The number of halogens is 1. The first-order chi connectivity index (χ1) is 32.4. The van der Waals surface area contributed by atoms with Gasteiger partial charge < -0.3 is 50.1 Å². The van der Waals surface area contributed by atoms with Crippen molar-refractivity contribution in [3.63, 3.8) is 0 Å². The first-order valence-corrected chi connectivity index (χ1v) is 24.1. The number of aryl methyl sites for hydroxylation is 2. The molecule has 0 saturated heterocycles. The minimum absolute atomic E-state index is 0. The van der Waals surface area contributed by atoms with Crippen LogP contribution in [0.5, 0.6) is 11.5 Å². The molecule has 15 heteroatoms. The Balaban J connectivity index is 0.000000582. The summed E-state index contributed by atoms with van der Waals surface area (Å²) in [4.78, 5) is 46.0. The van der Waals surface area contributed by atoms with Gasteiger partial charge in [-0.3, -0.25) is 9.59 Å². The summed E-state index contributed by atoms with van der Waals surface area (Å²) in [6, 6.07) is 34.4. The van der Waals surface area contributed by atoms with Crippen molar-refractivity contribution in [3.8, 4) is 11.5 Å². The Kier molecular flexibility index (Phi) is 33.2. The molecule has 376 valence electrons. The number of hydrogen-bond acceptors (Lipinski definition) is 12. The molecule has 0 heterocycles. The van der Waals surface area contributed by atoms with Crippen LogP contribution >= 0.6 is 15.9 Å². The summed E-state index contributed by atoms with van der Waals surface area (Å²) < 4.78 is 31.7. The van der Waals surface area contributed by atoms with E-state index in [1.54, 1.807) is 0 Å². The third kappa shape index (κ3) is 26.6. The molecule has 0 unspecified atom stereocenters. The fraction of sp³-hybridized carbons (Fsp3) is 0.472. The largest absolute Gasteiger partial charge is 0.490 e. The van der Waals surface area contributed by atoms with Crippen molar-refractivity contribution in [1.29, 1.82) is 0 Å². The second-order valence-electron chi connectivity index (χ2n) is 15.6. The second kappa shape index (κ2) is 37.4. The zero-order valence-corrected chi connectivity index (χ0v) is 41.7. The van der Waals surface area contributed by atoms with E-state index in [2.05, 4.69) is 42.7 Å². The highest BCUT2D eigenvalue weighted by atomic mass is 79.9. The van der Waals surface area contributed by atoms with Crippen LogP contribution in [0, 0.1) is 0 Å². The fourth-order valence-electron chi connectivity index (χ4n) is 6.27. The maximum absolute atomic E-state index is 11.9. The van der Waals surface area contributed by atoms with Crippen molar-refractivity contribution in [1.82, 2.24) is 16.0 Å². The van der Waals surface area contributed by atoms with Crippen LogP contribution in [0.25, 0.3) is 0 Å². The SMILES string of the molecule is C.CCC[C@H](N)C(=O)OC.CCC[C@H](NC[C@@H](C)Oc1ccccc1CCCNC(=O)OCc1ccccc1)C(=O)OC.C[C@H](CBr)Oc1ccccc1CCCNC(=O)OCc1ccccc1. The van der Waals surface area contributed by atoms with E-state index in [-0.39, 0.29) is 56.9 Å². The van der Waals surface area contributed by atoms with Crippen LogP contribution in [0.4, 0.5) is 9.59 Å². The third-order valence-corrected chi connectivity index (χ3v) is 10.8. The number of esters is 2. The van der Waals surface area contributed by atoms with Gasteiger partial charge in [-0.05, 0) is 86.8 Å². The normalized spacial score (nSPS) is 12.0. The number of rotatable bonds is 26. The Hall–Kier alpha value is -5.64. The lowest BCUT2D eigenvalue weighted by atomic mass is 10.1. The lowest BCUT2D eigenvalue weighted by Crippen LogP contribution is -2.42. The molecule has 4 atom stereocenters. The molecule has 0 aliphatic carbocycles. The van der Waals surface area contributed by atoms with Crippen molar-refractivity contribution < 1.29 is 47.6 Å². The van der Waals surface area contributed by atoms with E-state index in [0.29, 0.717) is 26.1 Å². The highest BCUT2D eigenvalue weighted by molar-refractivity contribution is 9.09. The van der Waals surface area contributed by atoms with Gasteiger partial charge in [0.05, 0.1) is 14.2 Å². The second-order valence-corrected chi connectivity index (χ2v) is 16.2. The average Bonchev–Trinajstić information content (AvgIpc) is 3.35. The number of carbonyl (C=O) groups excluding carboxylic acids is 4. The predicted molar refractivity (Wildman–Crippen MR) is 273 cm³/mol. The van der Waals surface area contributed by atoms with E-state index < -0.39 is 12.1 Å². The molecule has 5 N–H and O–H groups in total. The molecule has 14 nitrogen and oxygen atoms in total. The van der Waals surface area contributed by atoms with Gasteiger partial charge in [0.2, 0.25) is 0 Å². The molecule has 4 aromatic rings. The van der Waals surface area contributed by atoms with E-state index in [0.717, 1.165) is 84.0 Å². The van der Waals surface area contributed by atoms with Crippen LogP contribution < -0.4 is 31.2 Å². The standard InChI is InChI=1S/C26H36N2O5.C20H24BrNO3.C6H13NO2.CH4/c1-4-11-23(25(29)31-3)28-18-20(2)33-24-16-9-8-14-22(24)15-10-17-27-26(30)32-19-21-12-6-5-7-13-21;1-16(14-21)25-19-12-6-5-10-18(19)11-7-13-22-20(23)24-15-17-8-3-2-4-9-17;1-3-4-5(7)6(8)9-2;/h5-9,12-14,16,20,23,28H,4,10-11,15,17-19H2,1-3H3,(H,27,30);2-6,8-10,12,16H,7,11,13-15H2,1H3,(H,22,23);5H,3-4,7H2,1-2H3;1H4/t20-,23+;16-;5-;/m110./s1. The summed E-state index contributed by atoms with van der Waals surface area (Å²) >= 11 is 3.42. The maximum atomic E-state index is 11.9. The maximum Gasteiger partial charge on any atom is 0.407 e. The zero-order valence-electron chi connectivity index (χ0n) is 40.1. The minimum atomic E-state index is -0.431. The van der Waals surface area contributed by atoms with Gasteiger partial charge in [-0.2, -0.15) is 0 Å². The molecule has 4 aromatic carbocycles. The highest BCUT2D eigenvalue weighted by Crippen LogP contribution is 2.22. The molecule has 0 fully saturated rings. The van der Waals surface area contributed by atoms with Gasteiger partial charge in [0.15, 0.2) is 0 Å². The molecule has 0 aromatic heterocycles. The number of benzene rings is 4. The van der Waals surface area contributed by atoms with E-state index in [9.17, 15) is 19.2 Å². The van der Waals surface area contributed by atoms with E-state index in [1.807, 2.05) is 131 Å². The molecule has 0 saturated carbocycles. The van der Waals surface area contributed by atoms with Gasteiger partial charge in [-0.1, -0.05) is 147 Å². The number of nitrogens with two attached hydrogens (primary N) is 1. The number of nitrogens with one attached hydrogen (secondary N) is 3. The van der Waals surface area contributed by atoms with Crippen molar-refractivity contribution in [2.75, 3.05) is 39.2 Å². The van der Waals surface area contributed by atoms with Crippen LogP contribution in [-0.4, -0.2) is 87.6 Å². The quantitative estimate of drug-likeness (QED) is 0.0202. The molecule has 2 amide bonds. The number of amides is 2. The number of alkyl carbamates (subject to hydrolysis) is 2. The summed E-state index contributed by atoms with van der Waals surface area (Å²) in [5.74, 6) is 1.14. The van der Waals surface area contributed by atoms with Gasteiger partial charge in [-0.15, -0.1) is 0 Å². The van der Waals surface area contributed by atoms with Gasteiger partial charge >= 0.3 is 24.1 Å². The molecule has 4 rings (SSSR count). The summed E-state index contributed by atoms with van der Waals surface area (Å²) in [5, 5.41) is 9.60. The van der Waals surface area contributed by atoms with Gasteiger partial charge in [-0.25, -0.2) is 9.59 Å². The Morgan fingerprint density at radius 3 is 1.46 bits per heavy atom. The van der Waals surface area contributed by atoms with Crippen LogP contribution in [0.3, 0.4) is 0 Å². The number of ether oxygens (including phenoxy) is 6. The van der Waals surface area contributed by atoms with Gasteiger partial charge in [0, 0.05) is 25.0 Å². The van der Waals surface area contributed by atoms with E-state index >= 15 is 0 Å². The van der Waals surface area contributed by atoms with Gasteiger partial charge in [0.25, 0.3) is 0 Å². The molecule has 0 aliphatic rings. The van der Waals surface area contributed by atoms with E-state index in [1.165, 1.54) is 14.2 Å². The molecule has 68 heavy (non-hydrogen) atoms. The monoisotopic (exact) mass is 1010 g/mol. The Morgan fingerprint density at radius 2 is 1.03 bits per heavy atom. The summed E-state index contributed by atoms with van der Waals surface area (Å²) in [5.41, 5.74) is 9.51. The van der Waals surface area contributed by atoms with Crippen molar-refractivity contribution in [3.05, 3.63) is 131 Å². The summed E-state index contributed by atoms with van der Waals surface area (Å²) in [6.45, 7) is 10.1. The number of hydrogen-bond donors (Lipinski definition) is 4. The molecule has 0 spiro atoms. The Labute approximate surface area is 413 Å². The van der Waals surface area contributed by atoms with Crippen LogP contribution in [0.2, 0.25) is 0 Å². The summed E-state index contributed by atoms with van der Waals surface area (Å²) in [7, 11) is 2.75. The van der Waals surface area contributed by atoms with Crippen LogP contribution in [0.15, 0.2) is 109 Å². The number of alkyl halides is 1. The Bertz CT molecular complexity index is 1960. The molecular weight excluding hydrogens is 933 g/mol. The van der Waals surface area contributed by atoms with Crippen molar-refractivity contribution >= 4 is 40.1 Å². The van der Waals surface area contributed by atoms with Crippen LogP contribution in [-0.2, 0) is 54.6 Å². The lowest BCUT2D eigenvalue weighted by molar-refractivity contribution is -0.143. The zero-order chi connectivity index (χ0) is 49.1. The lowest BCUT2D eigenvalue weighted by Gasteiger charge is -2.21. The smallest absolute Gasteiger partial charge is 0.407 e. The molecular formula is C53H77BrN4O10. The summed E-state index contributed by atoms with van der Waals surface area (Å²) in [6.07, 6.45) is 5.58. The van der Waals surface area contributed by atoms with Crippen molar-refractivity contribution in [2.45, 2.75) is 124 Å². The highest BCUT2D eigenvalue weighted by Gasteiger charge is 2.19. The molecule has 0 bridgehead atoms. The minimum Gasteiger partial charge on any atom is -0.490 e. The number of methoxy groups -OCH3 is 2. The average molecular weight is 1010 g/mol. The first kappa shape index (κ1) is 60.4.